The van der Waals surface area contributed by atoms with Gasteiger partial charge in [-0.1, -0.05) is 23.2 Å². The van der Waals surface area contributed by atoms with Crippen LogP contribution in [0.5, 0.6) is 0 Å². The van der Waals surface area contributed by atoms with Gasteiger partial charge in [0.05, 0.1) is 10.0 Å². The molecule has 1 amide bonds. The average Bonchev–Trinajstić information content (AvgIpc) is 2.50. The molecule has 0 aliphatic carbocycles. The van der Waals surface area contributed by atoms with Gasteiger partial charge in [0.15, 0.2) is 0 Å². The first-order chi connectivity index (χ1) is 11.3. The van der Waals surface area contributed by atoms with Crippen LogP contribution in [0.25, 0.3) is 0 Å². The Morgan fingerprint density at radius 2 is 1.92 bits per heavy atom. The SMILES string of the molecule is Cc1nc(NCCN(C)C)cc(C(=O)Nc2ccc(Cl)c(Cl)c2)n1. The first kappa shape index (κ1) is 18.4. The molecule has 128 valence electrons. The number of aromatic nitrogens is 2. The Kier molecular flexibility index (Phi) is 6.36. The van der Waals surface area contributed by atoms with E-state index in [1.165, 1.54) is 0 Å². The van der Waals surface area contributed by atoms with Crippen molar-refractivity contribution in [3.63, 3.8) is 0 Å². The van der Waals surface area contributed by atoms with Crippen LogP contribution in [0.3, 0.4) is 0 Å². The van der Waals surface area contributed by atoms with Crippen LogP contribution < -0.4 is 10.6 Å². The Balaban J connectivity index is 2.10. The monoisotopic (exact) mass is 367 g/mol. The van der Waals surface area contributed by atoms with E-state index < -0.39 is 0 Å². The number of carbonyl (C=O) groups excluding carboxylic acids is 1. The molecule has 0 saturated heterocycles. The standard InChI is InChI=1S/C16H19Cl2N5O/c1-10-20-14(9-15(21-10)19-6-7-23(2)3)16(24)22-11-4-5-12(17)13(18)8-11/h4-5,8-9H,6-7H2,1-3H3,(H,22,24)(H,19,20,21). The fourth-order valence-corrected chi connectivity index (χ4v) is 2.25. The molecular formula is C16H19Cl2N5O. The highest BCUT2D eigenvalue weighted by molar-refractivity contribution is 6.42. The molecular weight excluding hydrogens is 349 g/mol. The highest BCUT2D eigenvalue weighted by Crippen LogP contribution is 2.25. The third-order valence-corrected chi connectivity index (χ3v) is 3.85. The molecule has 6 nitrogen and oxygen atoms in total. The number of benzene rings is 1. The van der Waals surface area contributed by atoms with Crippen LogP contribution in [0, 0.1) is 6.92 Å². The fraction of sp³-hybridized carbons (Fsp3) is 0.312. The van der Waals surface area contributed by atoms with Crippen LogP contribution in [-0.4, -0.2) is 48.0 Å². The van der Waals surface area contributed by atoms with Crippen LogP contribution in [0.2, 0.25) is 10.0 Å². The summed E-state index contributed by atoms with van der Waals surface area (Å²) < 4.78 is 0. The summed E-state index contributed by atoms with van der Waals surface area (Å²) in [6, 6.07) is 6.51. The Morgan fingerprint density at radius 1 is 1.17 bits per heavy atom. The summed E-state index contributed by atoms with van der Waals surface area (Å²) in [6.45, 7) is 3.32. The van der Waals surface area contributed by atoms with Gasteiger partial charge in [-0.3, -0.25) is 4.79 Å². The van der Waals surface area contributed by atoms with Crippen molar-refractivity contribution in [1.29, 1.82) is 0 Å². The molecule has 8 heteroatoms. The molecule has 0 aliphatic heterocycles. The number of aryl methyl sites for hydroxylation is 1. The molecule has 0 saturated carbocycles. The first-order valence-electron chi connectivity index (χ1n) is 7.36. The second-order valence-corrected chi connectivity index (χ2v) is 6.31. The normalized spacial score (nSPS) is 10.8. The molecule has 0 spiro atoms. The summed E-state index contributed by atoms with van der Waals surface area (Å²) in [7, 11) is 3.98. The van der Waals surface area contributed by atoms with Gasteiger partial charge < -0.3 is 15.5 Å². The zero-order valence-corrected chi connectivity index (χ0v) is 15.2. The number of likely N-dealkylation sites (N-methyl/N-ethyl adjacent to an activating group) is 1. The zero-order chi connectivity index (χ0) is 17.7. The van der Waals surface area contributed by atoms with Crippen molar-refractivity contribution < 1.29 is 4.79 Å². The van der Waals surface area contributed by atoms with Crippen LogP contribution >= 0.6 is 23.2 Å². The van der Waals surface area contributed by atoms with E-state index in [-0.39, 0.29) is 11.6 Å². The van der Waals surface area contributed by atoms with Crippen molar-refractivity contribution >= 4 is 40.6 Å². The molecule has 1 aromatic carbocycles. The lowest BCUT2D eigenvalue weighted by Crippen LogP contribution is -2.22. The predicted octanol–water partition coefficient (Wildman–Crippen LogP) is 3.32. The second-order valence-electron chi connectivity index (χ2n) is 5.50. The van der Waals surface area contributed by atoms with E-state index in [2.05, 4.69) is 25.5 Å². The maximum absolute atomic E-state index is 12.4. The highest BCUT2D eigenvalue weighted by atomic mass is 35.5. The third-order valence-electron chi connectivity index (χ3n) is 3.11. The van der Waals surface area contributed by atoms with Crippen LogP contribution in [-0.2, 0) is 0 Å². The van der Waals surface area contributed by atoms with Crippen LogP contribution in [0.1, 0.15) is 16.3 Å². The number of anilines is 2. The maximum atomic E-state index is 12.4. The summed E-state index contributed by atoms with van der Waals surface area (Å²) in [6.07, 6.45) is 0. The van der Waals surface area contributed by atoms with Gasteiger partial charge in [0, 0.05) is 24.8 Å². The minimum absolute atomic E-state index is 0.279. The summed E-state index contributed by atoms with van der Waals surface area (Å²) in [5.41, 5.74) is 0.828. The molecule has 0 bridgehead atoms. The summed E-state index contributed by atoms with van der Waals surface area (Å²) in [4.78, 5) is 22.9. The number of halogens is 2. The smallest absolute Gasteiger partial charge is 0.274 e. The largest absolute Gasteiger partial charge is 0.369 e. The molecule has 0 aliphatic rings. The lowest BCUT2D eigenvalue weighted by Gasteiger charge is -2.12. The number of rotatable bonds is 6. The molecule has 2 rings (SSSR count). The lowest BCUT2D eigenvalue weighted by atomic mass is 10.3. The van der Waals surface area contributed by atoms with Crippen molar-refractivity contribution in [2.24, 2.45) is 0 Å². The zero-order valence-electron chi connectivity index (χ0n) is 13.7. The molecule has 0 fully saturated rings. The van der Waals surface area contributed by atoms with E-state index in [9.17, 15) is 4.79 Å². The van der Waals surface area contributed by atoms with E-state index in [0.29, 0.717) is 27.4 Å². The molecule has 24 heavy (non-hydrogen) atoms. The Hall–Kier alpha value is -1.89. The van der Waals surface area contributed by atoms with E-state index in [4.69, 9.17) is 23.2 Å². The minimum Gasteiger partial charge on any atom is -0.369 e. The van der Waals surface area contributed by atoms with Gasteiger partial charge >= 0.3 is 0 Å². The number of hydrogen-bond donors (Lipinski definition) is 2. The molecule has 0 unspecified atom stereocenters. The Morgan fingerprint density at radius 3 is 2.58 bits per heavy atom. The van der Waals surface area contributed by atoms with Gasteiger partial charge in [0.1, 0.15) is 17.3 Å². The second kappa shape index (κ2) is 8.28. The van der Waals surface area contributed by atoms with Crippen LogP contribution in [0.15, 0.2) is 24.3 Å². The first-order valence-corrected chi connectivity index (χ1v) is 8.11. The highest BCUT2D eigenvalue weighted by Gasteiger charge is 2.11. The molecule has 2 N–H and O–H groups in total. The molecule has 2 aromatic rings. The number of nitrogens with zero attached hydrogens (tertiary/aromatic N) is 3. The minimum atomic E-state index is -0.338. The van der Waals surface area contributed by atoms with Gasteiger partial charge in [-0.2, -0.15) is 0 Å². The van der Waals surface area contributed by atoms with E-state index in [1.54, 1.807) is 31.2 Å². The topological polar surface area (TPSA) is 70.2 Å². The lowest BCUT2D eigenvalue weighted by molar-refractivity contribution is 0.102. The molecule has 0 atom stereocenters. The summed E-state index contributed by atoms with van der Waals surface area (Å²) in [5, 5.41) is 6.73. The van der Waals surface area contributed by atoms with Gasteiger partial charge in [-0.05, 0) is 39.2 Å². The van der Waals surface area contributed by atoms with Gasteiger partial charge in [0.2, 0.25) is 0 Å². The van der Waals surface area contributed by atoms with Crippen molar-refractivity contribution in [1.82, 2.24) is 14.9 Å². The summed E-state index contributed by atoms with van der Waals surface area (Å²) in [5.74, 6) is 0.794. The number of nitrogens with one attached hydrogen (secondary N) is 2. The van der Waals surface area contributed by atoms with E-state index >= 15 is 0 Å². The number of amides is 1. The molecule has 1 aromatic heterocycles. The Bertz CT molecular complexity index is 736. The number of hydrogen-bond acceptors (Lipinski definition) is 5. The van der Waals surface area contributed by atoms with Crippen molar-refractivity contribution in [2.75, 3.05) is 37.8 Å². The summed E-state index contributed by atoms with van der Waals surface area (Å²) >= 11 is 11.8. The van der Waals surface area contributed by atoms with Gasteiger partial charge in [-0.15, -0.1) is 0 Å². The maximum Gasteiger partial charge on any atom is 0.274 e. The average molecular weight is 368 g/mol. The van der Waals surface area contributed by atoms with Crippen molar-refractivity contribution in [2.45, 2.75) is 6.92 Å². The van der Waals surface area contributed by atoms with E-state index in [1.807, 2.05) is 14.1 Å². The quantitative estimate of drug-likeness (QED) is 0.819. The predicted molar refractivity (Wildman–Crippen MR) is 98.2 cm³/mol. The number of carbonyl (C=O) groups is 1. The van der Waals surface area contributed by atoms with Gasteiger partial charge in [-0.25, -0.2) is 9.97 Å². The fourth-order valence-electron chi connectivity index (χ4n) is 1.95. The van der Waals surface area contributed by atoms with E-state index in [0.717, 1.165) is 13.1 Å². The van der Waals surface area contributed by atoms with Crippen molar-refractivity contribution in [3.8, 4) is 0 Å². The van der Waals surface area contributed by atoms with Crippen LogP contribution in [0.4, 0.5) is 11.5 Å². The van der Waals surface area contributed by atoms with Gasteiger partial charge in [0.25, 0.3) is 5.91 Å². The third kappa shape index (κ3) is 5.33. The Labute approximate surface area is 151 Å². The molecule has 1 heterocycles. The van der Waals surface area contributed by atoms with Crippen molar-refractivity contribution in [3.05, 3.63) is 45.8 Å². The molecule has 0 radical (unpaired) electrons.